The highest BCUT2D eigenvalue weighted by Gasteiger charge is 2.38. The molecule has 0 saturated carbocycles. The van der Waals surface area contributed by atoms with Crippen molar-refractivity contribution in [3.63, 3.8) is 0 Å². The highest BCUT2D eigenvalue weighted by molar-refractivity contribution is 5.92. The van der Waals surface area contributed by atoms with Gasteiger partial charge in [-0.15, -0.1) is 0 Å². The topological polar surface area (TPSA) is 87.7 Å². The first kappa shape index (κ1) is 31.5. The summed E-state index contributed by atoms with van der Waals surface area (Å²) in [5.41, 5.74) is 0.747. The quantitative estimate of drug-likeness (QED) is 0.401. The van der Waals surface area contributed by atoms with Gasteiger partial charge in [-0.3, -0.25) is 9.59 Å². The van der Waals surface area contributed by atoms with Crippen LogP contribution in [0.5, 0.6) is 0 Å². The van der Waals surface area contributed by atoms with Crippen molar-refractivity contribution in [2.45, 2.75) is 118 Å². The van der Waals surface area contributed by atoms with Gasteiger partial charge in [-0.2, -0.15) is 0 Å². The van der Waals surface area contributed by atoms with Crippen molar-refractivity contribution >= 4 is 17.9 Å². The molecule has 3 atom stereocenters. The Balaban J connectivity index is 3.53. The molecule has 1 rings (SSSR count). The smallest absolute Gasteiger partial charge is 0.408 e. The highest BCUT2D eigenvalue weighted by Crippen LogP contribution is 2.26. The molecule has 7 nitrogen and oxygen atoms in total. The maximum absolute atomic E-state index is 14.1. The molecule has 1 aromatic rings. The fourth-order valence-corrected chi connectivity index (χ4v) is 3.84. The molecule has 204 valence electrons. The predicted octanol–water partition coefficient (Wildman–Crippen LogP) is 5.77. The summed E-state index contributed by atoms with van der Waals surface area (Å²) in [7, 11) is 0. The molecule has 3 amide bonds. The van der Waals surface area contributed by atoms with Gasteiger partial charge in [0.25, 0.3) is 0 Å². The van der Waals surface area contributed by atoms with E-state index >= 15 is 0 Å². The van der Waals surface area contributed by atoms with Gasteiger partial charge in [-0.25, -0.2) is 4.79 Å². The molecule has 2 N–H and O–H groups in total. The minimum atomic E-state index is -0.818. The number of ether oxygens (including phenoxy) is 1. The first-order valence-corrected chi connectivity index (χ1v) is 13.3. The highest BCUT2D eigenvalue weighted by atomic mass is 16.6. The number of amides is 3. The Labute approximate surface area is 218 Å². The molecule has 0 fully saturated rings. The zero-order valence-corrected chi connectivity index (χ0v) is 24.2. The molecule has 0 aliphatic carbocycles. The van der Waals surface area contributed by atoms with Crippen LogP contribution in [0.4, 0.5) is 4.79 Å². The molecule has 0 saturated heterocycles. The van der Waals surface area contributed by atoms with E-state index < -0.39 is 29.3 Å². The molecule has 0 heterocycles. The van der Waals surface area contributed by atoms with Crippen LogP contribution >= 0.6 is 0 Å². The van der Waals surface area contributed by atoms with E-state index in [1.54, 1.807) is 25.7 Å². The number of benzene rings is 1. The second-order valence-electron chi connectivity index (χ2n) is 11.6. The van der Waals surface area contributed by atoms with E-state index in [0.717, 1.165) is 30.4 Å². The molecule has 0 radical (unpaired) electrons. The van der Waals surface area contributed by atoms with Gasteiger partial charge in [0.05, 0.1) is 0 Å². The monoisotopic (exact) mass is 503 g/mol. The third-order valence-corrected chi connectivity index (χ3v) is 5.95. The first-order valence-electron chi connectivity index (χ1n) is 13.3. The lowest BCUT2D eigenvalue weighted by atomic mass is 9.94. The van der Waals surface area contributed by atoms with Gasteiger partial charge < -0.3 is 20.3 Å². The van der Waals surface area contributed by atoms with E-state index in [4.69, 9.17) is 4.74 Å². The molecule has 1 aromatic carbocycles. The molecule has 0 aliphatic heterocycles. The number of carbonyl (C=O) groups excluding carboxylic acids is 3. The van der Waals surface area contributed by atoms with Gasteiger partial charge in [-0.1, -0.05) is 64.8 Å². The SMILES string of the molecule is CCCCN(C(=O)C(NC(=O)OC(C)(C)C)C(C)CC)C(C(=O)NC(C)(C)C)c1ccc(CC)cc1. The zero-order chi connectivity index (χ0) is 27.7. The third-order valence-electron chi connectivity index (χ3n) is 5.95. The van der Waals surface area contributed by atoms with Crippen LogP contribution in [0.2, 0.25) is 0 Å². The van der Waals surface area contributed by atoms with Crippen LogP contribution in [0.1, 0.15) is 106 Å². The van der Waals surface area contributed by atoms with E-state index in [2.05, 4.69) is 17.6 Å². The number of carbonyl (C=O) groups is 3. The molecule has 7 heteroatoms. The first-order chi connectivity index (χ1) is 16.6. The third kappa shape index (κ3) is 10.2. The van der Waals surface area contributed by atoms with Crippen LogP contribution in [0.25, 0.3) is 0 Å². The number of hydrogen-bond donors (Lipinski definition) is 2. The number of alkyl carbamates (subject to hydrolysis) is 1. The molecular weight excluding hydrogens is 454 g/mol. The van der Waals surface area contributed by atoms with E-state index in [1.807, 2.05) is 65.8 Å². The maximum atomic E-state index is 14.1. The van der Waals surface area contributed by atoms with Crippen molar-refractivity contribution < 1.29 is 19.1 Å². The lowest BCUT2D eigenvalue weighted by molar-refractivity contribution is -0.144. The largest absolute Gasteiger partial charge is 0.444 e. The van der Waals surface area contributed by atoms with Crippen molar-refractivity contribution in [3.05, 3.63) is 35.4 Å². The van der Waals surface area contributed by atoms with Crippen LogP contribution in [-0.2, 0) is 20.7 Å². The van der Waals surface area contributed by atoms with Gasteiger partial charge in [-0.05, 0) is 71.4 Å². The van der Waals surface area contributed by atoms with Gasteiger partial charge >= 0.3 is 6.09 Å². The van der Waals surface area contributed by atoms with Crippen LogP contribution in [0.3, 0.4) is 0 Å². The molecule has 3 unspecified atom stereocenters. The molecule has 0 aromatic heterocycles. The fourth-order valence-electron chi connectivity index (χ4n) is 3.84. The Bertz CT molecular complexity index is 853. The summed E-state index contributed by atoms with van der Waals surface area (Å²) in [4.78, 5) is 42.1. The number of rotatable bonds is 11. The molecule has 0 spiro atoms. The van der Waals surface area contributed by atoms with E-state index in [1.165, 1.54) is 0 Å². The molecular formula is C29H49N3O4. The Morgan fingerprint density at radius 1 is 0.972 bits per heavy atom. The normalized spacial score (nSPS) is 14.4. The number of nitrogens with one attached hydrogen (secondary N) is 2. The average molecular weight is 504 g/mol. The summed E-state index contributed by atoms with van der Waals surface area (Å²) in [6.45, 7) is 19.6. The van der Waals surface area contributed by atoms with Gasteiger partial charge in [0.2, 0.25) is 11.8 Å². The number of aryl methyl sites for hydroxylation is 1. The van der Waals surface area contributed by atoms with Crippen molar-refractivity contribution in [2.75, 3.05) is 6.54 Å². The Kier molecular flexibility index (Phi) is 11.9. The summed E-state index contributed by atoms with van der Waals surface area (Å²) < 4.78 is 5.46. The van der Waals surface area contributed by atoms with Crippen LogP contribution < -0.4 is 10.6 Å². The van der Waals surface area contributed by atoms with Gasteiger partial charge in [0, 0.05) is 12.1 Å². The Morgan fingerprint density at radius 3 is 2.00 bits per heavy atom. The number of nitrogens with zero attached hydrogens (tertiary/aromatic N) is 1. The van der Waals surface area contributed by atoms with Crippen LogP contribution in [0, 0.1) is 5.92 Å². The maximum Gasteiger partial charge on any atom is 0.408 e. The van der Waals surface area contributed by atoms with E-state index in [0.29, 0.717) is 13.0 Å². The van der Waals surface area contributed by atoms with Crippen molar-refractivity contribution in [1.82, 2.24) is 15.5 Å². The minimum Gasteiger partial charge on any atom is -0.444 e. The second-order valence-corrected chi connectivity index (χ2v) is 11.6. The Hall–Kier alpha value is -2.57. The van der Waals surface area contributed by atoms with Crippen molar-refractivity contribution in [2.24, 2.45) is 5.92 Å². The Morgan fingerprint density at radius 2 is 1.56 bits per heavy atom. The van der Waals surface area contributed by atoms with Crippen molar-refractivity contribution in [3.8, 4) is 0 Å². The summed E-state index contributed by atoms with van der Waals surface area (Å²) in [5, 5.41) is 5.88. The second kappa shape index (κ2) is 13.7. The van der Waals surface area contributed by atoms with Crippen molar-refractivity contribution in [1.29, 1.82) is 0 Å². The average Bonchev–Trinajstić information content (AvgIpc) is 2.77. The predicted molar refractivity (Wildman–Crippen MR) is 146 cm³/mol. The van der Waals surface area contributed by atoms with Gasteiger partial charge in [0.1, 0.15) is 17.7 Å². The molecule has 36 heavy (non-hydrogen) atoms. The lowest BCUT2D eigenvalue weighted by Crippen LogP contribution is -2.56. The number of hydrogen-bond acceptors (Lipinski definition) is 4. The lowest BCUT2D eigenvalue weighted by Gasteiger charge is -2.37. The fraction of sp³-hybridized carbons (Fsp3) is 0.690. The number of unbranched alkanes of at least 4 members (excludes halogenated alkanes) is 1. The summed E-state index contributed by atoms with van der Waals surface area (Å²) >= 11 is 0. The minimum absolute atomic E-state index is 0.150. The summed E-state index contributed by atoms with van der Waals surface area (Å²) in [6, 6.07) is 6.22. The summed E-state index contributed by atoms with van der Waals surface area (Å²) in [6.07, 6.45) is 2.52. The van der Waals surface area contributed by atoms with Crippen LogP contribution in [-0.4, -0.2) is 46.5 Å². The van der Waals surface area contributed by atoms with E-state index in [-0.39, 0.29) is 17.7 Å². The van der Waals surface area contributed by atoms with Crippen LogP contribution in [0.15, 0.2) is 24.3 Å². The molecule has 0 bridgehead atoms. The standard InChI is InChI=1S/C29H49N3O4/c1-11-14-19-32(26(34)23(20(4)12-2)30-27(35)36-29(8,9)10)24(25(33)31-28(5,6)7)22-17-15-21(13-3)16-18-22/h15-18,20,23-24H,11-14,19H2,1-10H3,(H,30,35)(H,31,33). The zero-order valence-electron chi connectivity index (χ0n) is 24.2. The summed E-state index contributed by atoms with van der Waals surface area (Å²) in [5.74, 6) is -0.670. The van der Waals surface area contributed by atoms with E-state index in [9.17, 15) is 14.4 Å². The van der Waals surface area contributed by atoms with Gasteiger partial charge in [0.15, 0.2) is 0 Å². The molecule has 0 aliphatic rings.